The minimum absolute atomic E-state index is 0.232. The number of amides is 2. The standard InChI is InChI=1S/C18H17N3O2S2/c1-9-2-4-11-13(6-9)25-18(15(11)16(19)22)21-17(23)10-3-5-12-14(7-10)24-8-20-12/h3,5,7-9H,2,4,6H2,1H3,(H2,19,22)(H,21,23). The molecule has 3 aromatic rings. The van der Waals surface area contributed by atoms with Crippen LogP contribution in [0.2, 0.25) is 0 Å². The fourth-order valence-corrected chi connectivity index (χ4v) is 5.40. The van der Waals surface area contributed by atoms with E-state index in [4.69, 9.17) is 5.73 Å². The lowest BCUT2D eigenvalue weighted by Gasteiger charge is -2.18. The number of thiazole rings is 1. The molecule has 0 saturated carbocycles. The van der Waals surface area contributed by atoms with Crippen LogP contribution < -0.4 is 11.1 Å². The molecule has 1 unspecified atom stereocenters. The SMILES string of the molecule is CC1CCc2c(sc(NC(=O)c3ccc4ncsc4c3)c2C(N)=O)C1. The van der Waals surface area contributed by atoms with Gasteiger partial charge >= 0.3 is 0 Å². The Bertz CT molecular complexity index is 990. The maximum absolute atomic E-state index is 12.7. The molecule has 7 heteroatoms. The number of carbonyl (C=O) groups excluding carboxylic acids is 2. The lowest BCUT2D eigenvalue weighted by atomic mass is 9.88. The highest BCUT2D eigenvalue weighted by molar-refractivity contribution is 7.17. The first-order valence-corrected chi connectivity index (χ1v) is 9.81. The van der Waals surface area contributed by atoms with Crippen molar-refractivity contribution in [2.45, 2.75) is 26.2 Å². The van der Waals surface area contributed by atoms with Crippen LogP contribution in [0.15, 0.2) is 23.7 Å². The van der Waals surface area contributed by atoms with Crippen molar-refractivity contribution in [3.8, 4) is 0 Å². The second-order valence-corrected chi connectivity index (χ2v) is 8.40. The molecule has 0 fully saturated rings. The third-order valence-electron chi connectivity index (χ3n) is 4.58. The van der Waals surface area contributed by atoms with E-state index in [1.54, 1.807) is 11.6 Å². The molecule has 1 aliphatic carbocycles. The number of hydrogen-bond acceptors (Lipinski definition) is 5. The number of fused-ring (bicyclic) bond motifs is 2. The largest absolute Gasteiger partial charge is 0.365 e. The normalized spacial score (nSPS) is 16.6. The van der Waals surface area contributed by atoms with Crippen molar-refractivity contribution in [3.63, 3.8) is 0 Å². The topological polar surface area (TPSA) is 85.1 Å². The van der Waals surface area contributed by atoms with E-state index in [-0.39, 0.29) is 5.91 Å². The van der Waals surface area contributed by atoms with E-state index in [9.17, 15) is 9.59 Å². The molecule has 1 aliphatic rings. The molecule has 0 spiro atoms. The maximum Gasteiger partial charge on any atom is 0.256 e. The average molecular weight is 371 g/mol. The molecule has 4 rings (SSSR count). The van der Waals surface area contributed by atoms with E-state index in [0.717, 1.165) is 35.0 Å². The lowest BCUT2D eigenvalue weighted by molar-refractivity contribution is 0.1000. The molecule has 0 saturated heterocycles. The Labute approximate surface area is 152 Å². The third-order valence-corrected chi connectivity index (χ3v) is 6.54. The number of aromatic nitrogens is 1. The maximum atomic E-state index is 12.7. The van der Waals surface area contributed by atoms with E-state index >= 15 is 0 Å². The van der Waals surface area contributed by atoms with Gasteiger partial charge in [-0.15, -0.1) is 22.7 Å². The van der Waals surface area contributed by atoms with Crippen molar-refractivity contribution in [3.05, 3.63) is 45.3 Å². The van der Waals surface area contributed by atoms with Crippen LogP contribution in [-0.4, -0.2) is 16.8 Å². The van der Waals surface area contributed by atoms with Crippen LogP contribution in [-0.2, 0) is 12.8 Å². The van der Waals surface area contributed by atoms with Crippen molar-refractivity contribution in [2.24, 2.45) is 11.7 Å². The number of benzene rings is 1. The number of nitrogens with one attached hydrogen (secondary N) is 1. The van der Waals surface area contributed by atoms with Gasteiger partial charge in [-0.25, -0.2) is 4.98 Å². The van der Waals surface area contributed by atoms with Crippen LogP contribution >= 0.6 is 22.7 Å². The second-order valence-electron chi connectivity index (χ2n) is 6.41. The molecule has 128 valence electrons. The molecule has 3 N–H and O–H groups in total. The predicted molar refractivity (Wildman–Crippen MR) is 102 cm³/mol. The molecule has 5 nitrogen and oxygen atoms in total. The predicted octanol–water partition coefficient (Wildman–Crippen LogP) is 3.83. The smallest absolute Gasteiger partial charge is 0.256 e. The van der Waals surface area contributed by atoms with Crippen molar-refractivity contribution in [1.82, 2.24) is 4.98 Å². The minimum atomic E-state index is -0.472. The van der Waals surface area contributed by atoms with Gasteiger partial charge in [0.25, 0.3) is 11.8 Å². The molecule has 25 heavy (non-hydrogen) atoms. The Balaban J connectivity index is 1.67. The number of primary amides is 1. The summed E-state index contributed by atoms with van der Waals surface area (Å²) in [6.07, 6.45) is 2.82. The van der Waals surface area contributed by atoms with E-state index < -0.39 is 5.91 Å². The molecule has 1 aromatic carbocycles. The molecule has 2 amide bonds. The van der Waals surface area contributed by atoms with Gasteiger partial charge in [0.05, 0.1) is 21.3 Å². The first-order chi connectivity index (χ1) is 12.0. The quantitative estimate of drug-likeness (QED) is 0.734. The molecule has 0 radical (unpaired) electrons. The van der Waals surface area contributed by atoms with Crippen LogP contribution in [0.5, 0.6) is 0 Å². The van der Waals surface area contributed by atoms with Crippen molar-refractivity contribution < 1.29 is 9.59 Å². The van der Waals surface area contributed by atoms with Gasteiger partial charge in [0.1, 0.15) is 5.00 Å². The first-order valence-electron chi connectivity index (χ1n) is 8.12. The van der Waals surface area contributed by atoms with Crippen molar-refractivity contribution in [2.75, 3.05) is 5.32 Å². The molecular weight excluding hydrogens is 354 g/mol. The molecule has 1 atom stereocenters. The molecular formula is C18H17N3O2S2. The van der Waals surface area contributed by atoms with Crippen LogP contribution in [0, 0.1) is 5.92 Å². The minimum Gasteiger partial charge on any atom is -0.365 e. The monoisotopic (exact) mass is 371 g/mol. The van der Waals surface area contributed by atoms with Gasteiger partial charge in [-0.05, 0) is 48.9 Å². The summed E-state index contributed by atoms with van der Waals surface area (Å²) in [4.78, 5) is 30.0. The number of carbonyl (C=O) groups is 2. The fourth-order valence-electron chi connectivity index (χ4n) is 3.27. The summed E-state index contributed by atoms with van der Waals surface area (Å²) in [6.45, 7) is 2.20. The highest BCUT2D eigenvalue weighted by Crippen LogP contribution is 2.39. The Kier molecular flexibility index (Phi) is 4.05. The summed E-state index contributed by atoms with van der Waals surface area (Å²) in [5.74, 6) is -0.117. The number of hydrogen-bond donors (Lipinski definition) is 2. The van der Waals surface area contributed by atoms with E-state index in [1.165, 1.54) is 27.6 Å². The summed E-state index contributed by atoms with van der Waals surface area (Å²) < 4.78 is 0.960. The molecule has 2 heterocycles. The van der Waals surface area contributed by atoms with Gasteiger partial charge in [-0.2, -0.15) is 0 Å². The van der Waals surface area contributed by atoms with Gasteiger partial charge in [-0.3, -0.25) is 9.59 Å². The van der Waals surface area contributed by atoms with E-state index in [0.29, 0.717) is 22.0 Å². The van der Waals surface area contributed by atoms with Gasteiger partial charge in [-0.1, -0.05) is 6.92 Å². The van der Waals surface area contributed by atoms with Gasteiger partial charge in [0, 0.05) is 10.4 Å². The fraction of sp³-hybridized carbons (Fsp3) is 0.278. The van der Waals surface area contributed by atoms with E-state index in [1.807, 2.05) is 12.1 Å². The Hall–Kier alpha value is -2.25. The van der Waals surface area contributed by atoms with Crippen molar-refractivity contribution >= 4 is 49.7 Å². The summed E-state index contributed by atoms with van der Waals surface area (Å²) in [5.41, 5.74) is 10.3. The second kappa shape index (κ2) is 6.24. The molecule has 0 bridgehead atoms. The van der Waals surface area contributed by atoms with Crippen LogP contribution in [0.3, 0.4) is 0 Å². The van der Waals surface area contributed by atoms with E-state index in [2.05, 4.69) is 17.2 Å². The summed E-state index contributed by atoms with van der Waals surface area (Å²) in [6, 6.07) is 5.40. The van der Waals surface area contributed by atoms with Crippen LogP contribution in [0.25, 0.3) is 10.2 Å². The number of nitrogens with zero attached hydrogens (tertiary/aromatic N) is 1. The van der Waals surface area contributed by atoms with Crippen LogP contribution in [0.1, 0.15) is 44.5 Å². The lowest BCUT2D eigenvalue weighted by Crippen LogP contribution is -2.19. The third kappa shape index (κ3) is 2.94. The number of anilines is 1. The van der Waals surface area contributed by atoms with Crippen LogP contribution in [0.4, 0.5) is 5.00 Å². The number of thiophene rings is 1. The summed E-state index contributed by atoms with van der Waals surface area (Å²) in [5, 5.41) is 3.47. The molecule has 2 aromatic heterocycles. The summed E-state index contributed by atoms with van der Waals surface area (Å²) >= 11 is 2.97. The Morgan fingerprint density at radius 1 is 1.36 bits per heavy atom. The zero-order chi connectivity index (χ0) is 17.6. The average Bonchev–Trinajstić information content (AvgIpc) is 3.17. The number of nitrogens with two attached hydrogens (primary N) is 1. The summed E-state index contributed by atoms with van der Waals surface area (Å²) in [7, 11) is 0. The number of rotatable bonds is 3. The van der Waals surface area contributed by atoms with Gasteiger partial charge in [0.2, 0.25) is 0 Å². The zero-order valence-corrected chi connectivity index (χ0v) is 15.3. The van der Waals surface area contributed by atoms with Gasteiger partial charge in [0.15, 0.2) is 0 Å². The van der Waals surface area contributed by atoms with Crippen molar-refractivity contribution in [1.29, 1.82) is 0 Å². The Morgan fingerprint density at radius 2 is 2.20 bits per heavy atom. The highest BCUT2D eigenvalue weighted by atomic mass is 32.1. The highest BCUT2D eigenvalue weighted by Gasteiger charge is 2.27. The molecule has 0 aliphatic heterocycles. The first kappa shape index (κ1) is 16.2. The zero-order valence-electron chi connectivity index (χ0n) is 13.7. The Morgan fingerprint density at radius 3 is 3.00 bits per heavy atom. The van der Waals surface area contributed by atoms with Gasteiger partial charge < -0.3 is 11.1 Å².